The van der Waals surface area contributed by atoms with Crippen LogP contribution in [0.15, 0.2) is 54.6 Å². The molecule has 3 fully saturated rings. The highest BCUT2D eigenvalue weighted by Gasteiger charge is 2.78. The number of hydrogen-bond acceptors (Lipinski definition) is 5. The van der Waals surface area contributed by atoms with Gasteiger partial charge < -0.3 is 14.8 Å². The number of allylic oxidation sites excluding steroid dienone is 2. The topological polar surface area (TPSA) is 85.0 Å². The molecule has 3 heterocycles. The number of hydrogen-bond donors (Lipinski definition) is 1. The van der Waals surface area contributed by atoms with Gasteiger partial charge >= 0.3 is 5.97 Å². The number of ketones is 1. The van der Waals surface area contributed by atoms with Gasteiger partial charge in [-0.3, -0.25) is 9.59 Å². The molecule has 1 aromatic carbocycles. The molecular weight excluding hydrogens is 442 g/mol. The van der Waals surface area contributed by atoms with Crippen LogP contribution in [0.3, 0.4) is 0 Å². The van der Waals surface area contributed by atoms with Crippen molar-refractivity contribution in [1.29, 1.82) is 0 Å². The first kappa shape index (κ1) is 24.0. The maximum Gasteiger partial charge on any atom is 0.331 e. The van der Waals surface area contributed by atoms with E-state index < -0.39 is 17.5 Å². The summed E-state index contributed by atoms with van der Waals surface area (Å²) >= 11 is 0. The second-order valence-electron chi connectivity index (χ2n) is 11.0. The van der Waals surface area contributed by atoms with Crippen molar-refractivity contribution in [2.45, 2.75) is 76.2 Å². The molecule has 1 aromatic rings. The lowest BCUT2D eigenvalue weighted by atomic mass is 9.59. The fourth-order valence-corrected chi connectivity index (χ4v) is 6.65. The molecule has 1 saturated carbocycles. The van der Waals surface area contributed by atoms with E-state index in [9.17, 15) is 14.4 Å². The second-order valence-corrected chi connectivity index (χ2v) is 11.0. The van der Waals surface area contributed by atoms with Gasteiger partial charge in [0.25, 0.3) is 5.91 Å². The Labute approximate surface area is 207 Å². The van der Waals surface area contributed by atoms with Crippen LogP contribution in [0, 0.1) is 23.7 Å². The summed E-state index contributed by atoms with van der Waals surface area (Å²) in [6, 6.07) is 9.85. The Morgan fingerprint density at radius 2 is 1.86 bits per heavy atom. The Hall–Kier alpha value is -2.73. The zero-order valence-corrected chi connectivity index (χ0v) is 20.7. The molecular formula is C29H35NO5. The Morgan fingerprint density at radius 3 is 2.63 bits per heavy atom. The number of benzene rings is 1. The molecule has 0 bridgehead atoms. The molecule has 3 aliphatic heterocycles. The van der Waals surface area contributed by atoms with E-state index in [-0.39, 0.29) is 41.3 Å². The number of rotatable bonds is 2. The van der Waals surface area contributed by atoms with E-state index in [2.05, 4.69) is 50.4 Å². The number of epoxide rings is 1. The summed E-state index contributed by atoms with van der Waals surface area (Å²) in [5.41, 5.74) is -0.641. The number of ether oxygens (including phenoxy) is 2. The number of carbonyl (C=O) groups excluding carboxylic acids is 3. The van der Waals surface area contributed by atoms with Gasteiger partial charge in [0, 0.05) is 24.5 Å². The summed E-state index contributed by atoms with van der Waals surface area (Å²) in [5, 5.41) is 3.20. The monoisotopic (exact) mass is 477 g/mol. The summed E-state index contributed by atoms with van der Waals surface area (Å²) in [4.78, 5) is 39.2. The third-order valence-electron chi connectivity index (χ3n) is 8.73. The first-order chi connectivity index (χ1) is 16.8. The van der Waals surface area contributed by atoms with Crippen LogP contribution in [-0.2, 0) is 30.3 Å². The highest BCUT2D eigenvalue weighted by molar-refractivity contribution is 5.98. The lowest BCUT2D eigenvalue weighted by Crippen LogP contribution is -2.61. The maximum atomic E-state index is 13.8. The van der Waals surface area contributed by atoms with Crippen molar-refractivity contribution in [2.75, 3.05) is 0 Å². The van der Waals surface area contributed by atoms with Crippen LogP contribution in [-0.4, -0.2) is 41.0 Å². The van der Waals surface area contributed by atoms with Gasteiger partial charge in [0.05, 0.1) is 17.6 Å². The van der Waals surface area contributed by atoms with Gasteiger partial charge in [-0.2, -0.15) is 0 Å². The standard InChI is InChI=1S/C29H35NO5/c1-18-9-7-13-21(31)15-16-24(32)34-29-22(14-8-10-18)26-28(3,35-26)19(2)25(29)23(30-27(29)33)17-20-11-5-4-6-12-20/h4-6,8,11-12,14-16,18-19,22-23,25-26H,7,9-10,13,17H2,1-3H3,(H,30,33)/t18-,19+,22+,23+,25+,26+,28-,29-/m1/s1. The van der Waals surface area contributed by atoms with Crippen molar-refractivity contribution in [3.63, 3.8) is 0 Å². The molecule has 186 valence electrons. The minimum Gasteiger partial charge on any atom is -0.445 e. The number of carbonyl (C=O) groups is 3. The normalized spacial score (nSPS) is 41.2. The Balaban J connectivity index is 1.57. The third kappa shape index (κ3) is 4.16. The summed E-state index contributed by atoms with van der Waals surface area (Å²) in [6.07, 6.45) is 10.1. The van der Waals surface area contributed by atoms with Gasteiger partial charge in [-0.25, -0.2) is 4.79 Å². The Kier molecular flexibility index (Phi) is 6.20. The molecule has 1 N–H and O–H groups in total. The minimum absolute atomic E-state index is 0.0129. The smallest absolute Gasteiger partial charge is 0.331 e. The average Bonchev–Trinajstić information content (AvgIpc) is 3.45. The number of esters is 1. The molecule has 6 heteroatoms. The van der Waals surface area contributed by atoms with Crippen molar-refractivity contribution in [3.05, 3.63) is 60.2 Å². The van der Waals surface area contributed by atoms with Crippen LogP contribution in [0.25, 0.3) is 0 Å². The number of nitrogens with one attached hydrogen (secondary N) is 1. The first-order valence-electron chi connectivity index (χ1n) is 12.9. The first-order valence-corrected chi connectivity index (χ1v) is 12.9. The van der Waals surface area contributed by atoms with Gasteiger partial charge in [0.15, 0.2) is 5.78 Å². The van der Waals surface area contributed by atoms with Crippen LogP contribution in [0.1, 0.15) is 52.0 Å². The van der Waals surface area contributed by atoms with Crippen molar-refractivity contribution in [3.8, 4) is 0 Å². The molecule has 8 atom stereocenters. The zero-order valence-electron chi connectivity index (χ0n) is 20.7. The largest absolute Gasteiger partial charge is 0.445 e. The van der Waals surface area contributed by atoms with E-state index >= 15 is 0 Å². The van der Waals surface area contributed by atoms with Crippen LogP contribution >= 0.6 is 0 Å². The van der Waals surface area contributed by atoms with E-state index in [1.807, 2.05) is 18.2 Å². The molecule has 0 radical (unpaired) electrons. The molecule has 5 rings (SSSR count). The van der Waals surface area contributed by atoms with E-state index in [0.29, 0.717) is 18.8 Å². The summed E-state index contributed by atoms with van der Waals surface area (Å²) < 4.78 is 12.4. The van der Waals surface area contributed by atoms with Crippen LogP contribution < -0.4 is 5.32 Å². The molecule has 4 aliphatic rings. The van der Waals surface area contributed by atoms with Gasteiger partial charge in [0.2, 0.25) is 5.60 Å². The van der Waals surface area contributed by atoms with Crippen LogP contribution in [0.2, 0.25) is 0 Å². The zero-order chi connectivity index (χ0) is 24.8. The second kappa shape index (κ2) is 9.05. The van der Waals surface area contributed by atoms with Gasteiger partial charge in [0.1, 0.15) is 0 Å². The van der Waals surface area contributed by atoms with Crippen molar-refractivity contribution < 1.29 is 23.9 Å². The van der Waals surface area contributed by atoms with E-state index in [1.54, 1.807) is 0 Å². The van der Waals surface area contributed by atoms with E-state index in [4.69, 9.17) is 9.47 Å². The minimum atomic E-state index is -1.38. The molecule has 1 aliphatic carbocycles. The Morgan fingerprint density at radius 1 is 1.09 bits per heavy atom. The van der Waals surface area contributed by atoms with Crippen LogP contribution in [0.5, 0.6) is 0 Å². The quantitative estimate of drug-likeness (QED) is 0.396. The highest BCUT2D eigenvalue weighted by atomic mass is 16.6. The number of amides is 1. The summed E-state index contributed by atoms with van der Waals surface area (Å²) in [7, 11) is 0. The fraction of sp³-hybridized carbons (Fsp3) is 0.552. The highest BCUT2D eigenvalue weighted by Crippen LogP contribution is 2.63. The van der Waals surface area contributed by atoms with Crippen molar-refractivity contribution >= 4 is 17.7 Å². The van der Waals surface area contributed by atoms with Crippen LogP contribution in [0.4, 0.5) is 0 Å². The number of fused-ring (bicyclic) bond motifs is 2. The summed E-state index contributed by atoms with van der Waals surface area (Å²) in [5.74, 6) is -1.28. The van der Waals surface area contributed by atoms with Crippen molar-refractivity contribution in [2.24, 2.45) is 23.7 Å². The molecule has 35 heavy (non-hydrogen) atoms. The fourth-order valence-electron chi connectivity index (χ4n) is 6.65. The van der Waals surface area contributed by atoms with E-state index in [1.165, 1.54) is 12.2 Å². The maximum absolute atomic E-state index is 13.8. The molecule has 2 saturated heterocycles. The molecule has 6 nitrogen and oxygen atoms in total. The lowest BCUT2D eigenvalue weighted by molar-refractivity contribution is -0.177. The molecule has 1 amide bonds. The SMILES string of the molecule is C[C@H]1CC=C[C@H]2[C@@H]3O[C@]3(C)[C@@H](C)[C@H]3[C@H](Cc4ccccc4)NC(=O)[C@]32OC(=O)C=CC(=O)CCC1. The Bertz CT molecular complexity index is 1060. The predicted octanol–water partition coefficient (Wildman–Crippen LogP) is 3.94. The molecule has 0 aromatic heterocycles. The van der Waals surface area contributed by atoms with Gasteiger partial charge in [-0.05, 0) is 56.1 Å². The molecule has 0 unspecified atom stereocenters. The van der Waals surface area contributed by atoms with E-state index in [0.717, 1.165) is 24.8 Å². The average molecular weight is 478 g/mol. The predicted molar refractivity (Wildman–Crippen MR) is 131 cm³/mol. The van der Waals surface area contributed by atoms with Gasteiger partial charge in [-0.1, -0.05) is 56.3 Å². The lowest BCUT2D eigenvalue weighted by Gasteiger charge is -2.45. The molecule has 1 spiro atoms. The summed E-state index contributed by atoms with van der Waals surface area (Å²) in [6.45, 7) is 6.38. The third-order valence-corrected chi connectivity index (χ3v) is 8.73. The van der Waals surface area contributed by atoms with Crippen molar-refractivity contribution in [1.82, 2.24) is 5.32 Å². The van der Waals surface area contributed by atoms with Gasteiger partial charge in [-0.15, -0.1) is 0 Å².